The Balaban J connectivity index is 2.02. The molecule has 4 heteroatoms. The van der Waals surface area contributed by atoms with E-state index >= 15 is 0 Å². The van der Waals surface area contributed by atoms with Crippen LogP contribution in [0.3, 0.4) is 0 Å². The van der Waals surface area contributed by atoms with Gasteiger partial charge in [-0.05, 0) is 36.8 Å². The molecule has 1 aromatic carbocycles. The number of carbonyl (C=O) groups is 1. The van der Waals surface area contributed by atoms with E-state index in [1.807, 2.05) is 0 Å². The summed E-state index contributed by atoms with van der Waals surface area (Å²) in [7, 11) is 0. The van der Waals surface area contributed by atoms with E-state index in [-0.39, 0.29) is 11.7 Å². The molecule has 0 atom stereocenters. The Bertz CT molecular complexity index is 517. The van der Waals surface area contributed by atoms with Crippen LogP contribution in [-0.2, 0) is 6.54 Å². The van der Waals surface area contributed by atoms with E-state index in [0.717, 1.165) is 5.56 Å². The van der Waals surface area contributed by atoms with E-state index in [0.29, 0.717) is 17.9 Å². The average molecular weight is 231 g/mol. The third-order valence-corrected chi connectivity index (χ3v) is 2.47. The fraction of sp³-hybridized carbons (Fsp3) is 0.154. The molecule has 0 aliphatic carbocycles. The molecule has 0 spiro atoms. The van der Waals surface area contributed by atoms with Crippen LogP contribution in [0.4, 0.5) is 0 Å². The third-order valence-electron chi connectivity index (χ3n) is 2.47. The molecule has 0 aliphatic heterocycles. The molecule has 1 aromatic heterocycles. The number of aromatic hydroxyl groups is 1. The van der Waals surface area contributed by atoms with Crippen molar-refractivity contribution in [1.82, 2.24) is 5.32 Å². The van der Waals surface area contributed by atoms with E-state index in [9.17, 15) is 9.90 Å². The lowest BCUT2D eigenvalue weighted by Crippen LogP contribution is -2.22. The SMILES string of the molecule is Cc1ccc(C(=O)NCc2ccco2)cc1O. The van der Waals surface area contributed by atoms with Crippen LogP contribution in [0.15, 0.2) is 41.0 Å². The maximum atomic E-state index is 11.7. The van der Waals surface area contributed by atoms with E-state index in [1.165, 1.54) is 6.07 Å². The molecule has 4 nitrogen and oxygen atoms in total. The highest BCUT2D eigenvalue weighted by Gasteiger charge is 2.07. The fourth-order valence-corrected chi connectivity index (χ4v) is 1.43. The Morgan fingerprint density at radius 3 is 2.88 bits per heavy atom. The van der Waals surface area contributed by atoms with E-state index in [4.69, 9.17) is 4.42 Å². The third kappa shape index (κ3) is 2.66. The molecular formula is C13H13NO3. The normalized spacial score (nSPS) is 10.2. The zero-order valence-corrected chi connectivity index (χ0v) is 9.43. The summed E-state index contributed by atoms with van der Waals surface area (Å²) in [5, 5.41) is 12.2. The average Bonchev–Trinajstić information content (AvgIpc) is 2.82. The quantitative estimate of drug-likeness (QED) is 0.851. The Labute approximate surface area is 98.9 Å². The lowest BCUT2D eigenvalue weighted by atomic mass is 10.1. The molecule has 1 amide bonds. The van der Waals surface area contributed by atoms with Gasteiger partial charge in [-0.1, -0.05) is 6.07 Å². The summed E-state index contributed by atoms with van der Waals surface area (Å²) >= 11 is 0. The lowest BCUT2D eigenvalue weighted by Gasteiger charge is -2.05. The number of hydrogen-bond donors (Lipinski definition) is 2. The zero-order chi connectivity index (χ0) is 12.3. The molecule has 2 N–H and O–H groups in total. The fourth-order valence-electron chi connectivity index (χ4n) is 1.43. The van der Waals surface area contributed by atoms with Crippen molar-refractivity contribution in [3.05, 3.63) is 53.5 Å². The molecule has 1 heterocycles. The van der Waals surface area contributed by atoms with Gasteiger partial charge >= 0.3 is 0 Å². The summed E-state index contributed by atoms with van der Waals surface area (Å²) in [5.41, 5.74) is 1.17. The number of amides is 1. The summed E-state index contributed by atoms with van der Waals surface area (Å²) in [6.07, 6.45) is 1.55. The smallest absolute Gasteiger partial charge is 0.251 e. The Morgan fingerprint density at radius 1 is 1.41 bits per heavy atom. The van der Waals surface area contributed by atoms with Gasteiger partial charge in [-0.15, -0.1) is 0 Å². The van der Waals surface area contributed by atoms with Crippen molar-refractivity contribution in [1.29, 1.82) is 0 Å². The second-order valence-corrected chi connectivity index (χ2v) is 3.76. The molecule has 0 saturated carbocycles. The van der Waals surface area contributed by atoms with Crippen LogP contribution >= 0.6 is 0 Å². The molecule has 0 saturated heterocycles. The molecule has 2 aromatic rings. The second kappa shape index (κ2) is 4.74. The van der Waals surface area contributed by atoms with E-state index in [2.05, 4.69) is 5.32 Å². The zero-order valence-electron chi connectivity index (χ0n) is 9.43. The van der Waals surface area contributed by atoms with Gasteiger partial charge in [-0.25, -0.2) is 0 Å². The predicted molar refractivity (Wildman–Crippen MR) is 62.7 cm³/mol. The highest BCUT2D eigenvalue weighted by Crippen LogP contribution is 2.17. The number of hydrogen-bond acceptors (Lipinski definition) is 3. The van der Waals surface area contributed by atoms with Crippen molar-refractivity contribution in [2.45, 2.75) is 13.5 Å². The molecule has 0 bridgehead atoms. The maximum absolute atomic E-state index is 11.7. The van der Waals surface area contributed by atoms with Crippen molar-refractivity contribution in [2.24, 2.45) is 0 Å². The number of aryl methyl sites for hydroxylation is 1. The first-order chi connectivity index (χ1) is 8.16. The number of nitrogens with one attached hydrogen (secondary N) is 1. The van der Waals surface area contributed by atoms with Crippen molar-refractivity contribution in [3.8, 4) is 5.75 Å². The van der Waals surface area contributed by atoms with E-state index < -0.39 is 0 Å². The highest BCUT2D eigenvalue weighted by atomic mass is 16.3. The molecule has 0 unspecified atom stereocenters. The number of benzene rings is 1. The highest BCUT2D eigenvalue weighted by molar-refractivity contribution is 5.94. The first-order valence-electron chi connectivity index (χ1n) is 5.27. The molecule has 0 fully saturated rings. The van der Waals surface area contributed by atoms with Gasteiger partial charge in [0.25, 0.3) is 5.91 Å². The maximum Gasteiger partial charge on any atom is 0.251 e. The summed E-state index contributed by atoms with van der Waals surface area (Å²) in [6.45, 7) is 2.11. The Hall–Kier alpha value is -2.23. The van der Waals surface area contributed by atoms with Gasteiger partial charge < -0.3 is 14.8 Å². The summed E-state index contributed by atoms with van der Waals surface area (Å²) < 4.78 is 5.10. The van der Waals surface area contributed by atoms with Crippen LogP contribution in [0, 0.1) is 6.92 Å². The minimum Gasteiger partial charge on any atom is -0.508 e. The molecule has 0 radical (unpaired) electrons. The largest absolute Gasteiger partial charge is 0.508 e. The van der Waals surface area contributed by atoms with Gasteiger partial charge in [0, 0.05) is 5.56 Å². The Kier molecular flexibility index (Phi) is 3.14. The van der Waals surface area contributed by atoms with Gasteiger partial charge in [-0.2, -0.15) is 0 Å². The van der Waals surface area contributed by atoms with Crippen LogP contribution in [0.25, 0.3) is 0 Å². The van der Waals surface area contributed by atoms with Crippen LogP contribution in [0.1, 0.15) is 21.7 Å². The summed E-state index contributed by atoms with van der Waals surface area (Å²) in [5.74, 6) is 0.571. The second-order valence-electron chi connectivity index (χ2n) is 3.76. The topological polar surface area (TPSA) is 62.5 Å². The van der Waals surface area contributed by atoms with Crippen molar-refractivity contribution in [2.75, 3.05) is 0 Å². The monoisotopic (exact) mass is 231 g/mol. The van der Waals surface area contributed by atoms with Gasteiger partial charge in [0.05, 0.1) is 12.8 Å². The summed E-state index contributed by atoms with van der Waals surface area (Å²) in [6, 6.07) is 8.38. The van der Waals surface area contributed by atoms with Crippen LogP contribution in [0.5, 0.6) is 5.75 Å². The lowest BCUT2D eigenvalue weighted by molar-refractivity contribution is 0.0947. The minimum absolute atomic E-state index is 0.121. The molecule has 0 aliphatic rings. The van der Waals surface area contributed by atoms with E-state index in [1.54, 1.807) is 37.5 Å². The number of carbonyl (C=O) groups excluding carboxylic acids is 1. The molecular weight excluding hydrogens is 218 g/mol. The van der Waals surface area contributed by atoms with Gasteiger partial charge in [0.1, 0.15) is 11.5 Å². The standard InChI is InChI=1S/C13H13NO3/c1-9-4-5-10(7-12(9)15)13(16)14-8-11-3-2-6-17-11/h2-7,15H,8H2,1H3,(H,14,16). The minimum atomic E-state index is -0.239. The number of phenols is 1. The summed E-state index contributed by atoms with van der Waals surface area (Å²) in [4.78, 5) is 11.7. The van der Waals surface area contributed by atoms with Crippen LogP contribution in [-0.4, -0.2) is 11.0 Å². The number of furan rings is 1. The van der Waals surface area contributed by atoms with Crippen molar-refractivity contribution >= 4 is 5.91 Å². The Morgan fingerprint density at radius 2 is 2.24 bits per heavy atom. The molecule has 17 heavy (non-hydrogen) atoms. The number of phenolic OH excluding ortho intramolecular Hbond substituents is 1. The first kappa shape index (κ1) is 11.3. The van der Waals surface area contributed by atoms with Crippen LogP contribution in [0.2, 0.25) is 0 Å². The van der Waals surface area contributed by atoms with Crippen molar-refractivity contribution in [3.63, 3.8) is 0 Å². The number of rotatable bonds is 3. The van der Waals surface area contributed by atoms with Crippen molar-refractivity contribution < 1.29 is 14.3 Å². The first-order valence-corrected chi connectivity index (χ1v) is 5.27. The predicted octanol–water partition coefficient (Wildman–Crippen LogP) is 2.22. The molecule has 2 rings (SSSR count). The van der Waals surface area contributed by atoms with Gasteiger partial charge in [-0.3, -0.25) is 4.79 Å². The van der Waals surface area contributed by atoms with Gasteiger partial charge in [0.15, 0.2) is 0 Å². The van der Waals surface area contributed by atoms with Gasteiger partial charge in [0.2, 0.25) is 0 Å². The molecule has 88 valence electrons. The van der Waals surface area contributed by atoms with Crippen LogP contribution < -0.4 is 5.32 Å².